The number of nitrogens with zero attached hydrogens (tertiary/aromatic N) is 1. The fourth-order valence-corrected chi connectivity index (χ4v) is 2.72. The van der Waals surface area contributed by atoms with Gasteiger partial charge in [-0.05, 0) is 53.1 Å². The molecule has 0 aromatic heterocycles. The molecule has 1 saturated carbocycles. The first-order chi connectivity index (χ1) is 6.44. The van der Waals surface area contributed by atoms with Crippen molar-refractivity contribution in [3.8, 4) is 0 Å². The van der Waals surface area contributed by atoms with Gasteiger partial charge in [-0.2, -0.15) is 0 Å². The van der Waals surface area contributed by atoms with Gasteiger partial charge in [0.15, 0.2) is 0 Å². The van der Waals surface area contributed by atoms with Crippen LogP contribution in [0.4, 0.5) is 0 Å². The minimum absolute atomic E-state index is 0.127. The van der Waals surface area contributed by atoms with Gasteiger partial charge in [-0.1, -0.05) is 0 Å². The van der Waals surface area contributed by atoms with Crippen molar-refractivity contribution < 1.29 is 4.79 Å². The van der Waals surface area contributed by atoms with E-state index in [0.29, 0.717) is 5.78 Å². The minimum atomic E-state index is 0.127. The van der Waals surface area contributed by atoms with Crippen molar-refractivity contribution in [2.45, 2.75) is 52.0 Å². The molecule has 0 atom stereocenters. The van der Waals surface area contributed by atoms with Crippen molar-refractivity contribution in [3.05, 3.63) is 0 Å². The summed E-state index contributed by atoms with van der Waals surface area (Å²) in [5, 5.41) is 0. The zero-order valence-corrected chi connectivity index (χ0v) is 9.60. The average Bonchev–Trinajstić information content (AvgIpc) is 2.14. The SMILES string of the molecule is CC(C)(C)N1CCC2(CCC2=O)CC1. The molecule has 1 aliphatic carbocycles. The van der Waals surface area contributed by atoms with Crippen molar-refractivity contribution in [2.24, 2.45) is 5.41 Å². The highest BCUT2D eigenvalue weighted by Crippen LogP contribution is 2.46. The molecule has 0 aromatic rings. The Morgan fingerprint density at radius 3 is 2.00 bits per heavy atom. The van der Waals surface area contributed by atoms with Crippen LogP contribution in [-0.2, 0) is 4.79 Å². The van der Waals surface area contributed by atoms with E-state index < -0.39 is 0 Å². The van der Waals surface area contributed by atoms with Crippen LogP contribution >= 0.6 is 0 Å². The lowest BCUT2D eigenvalue weighted by Crippen LogP contribution is -2.54. The standard InChI is InChI=1S/C12H21NO/c1-11(2,3)13-8-6-12(7-9-13)5-4-10(12)14/h4-9H2,1-3H3. The molecule has 0 amide bonds. The summed E-state index contributed by atoms with van der Waals surface area (Å²) < 4.78 is 0. The maximum Gasteiger partial charge on any atom is 0.139 e. The quantitative estimate of drug-likeness (QED) is 0.591. The molecule has 2 aliphatic rings. The van der Waals surface area contributed by atoms with E-state index in [-0.39, 0.29) is 11.0 Å². The van der Waals surface area contributed by atoms with Gasteiger partial charge in [0, 0.05) is 17.4 Å². The Hall–Kier alpha value is -0.370. The van der Waals surface area contributed by atoms with Gasteiger partial charge in [-0.25, -0.2) is 0 Å². The van der Waals surface area contributed by atoms with Crippen LogP contribution in [-0.4, -0.2) is 29.3 Å². The Kier molecular flexibility index (Phi) is 2.22. The predicted octanol–water partition coefficient (Wildman–Crippen LogP) is 2.23. The lowest BCUT2D eigenvalue weighted by atomic mass is 9.62. The largest absolute Gasteiger partial charge is 0.299 e. The van der Waals surface area contributed by atoms with E-state index in [2.05, 4.69) is 25.7 Å². The van der Waals surface area contributed by atoms with Crippen molar-refractivity contribution in [1.82, 2.24) is 4.90 Å². The Labute approximate surface area is 86.7 Å². The highest BCUT2D eigenvalue weighted by atomic mass is 16.1. The van der Waals surface area contributed by atoms with Crippen LogP contribution in [0.3, 0.4) is 0 Å². The zero-order chi connectivity index (χ0) is 10.4. The summed E-state index contributed by atoms with van der Waals surface area (Å²) in [6.07, 6.45) is 4.20. The lowest BCUT2D eigenvalue weighted by molar-refractivity contribution is -0.143. The molecule has 0 bridgehead atoms. The van der Waals surface area contributed by atoms with Crippen molar-refractivity contribution >= 4 is 5.78 Å². The van der Waals surface area contributed by atoms with Crippen LogP contribution in [0.1, 0.15) is 46.5 Å². The monoisotopic (exact) mass is 195 g/mol. The number of likely N-dealkylation sites (tertiary alicyclic amines) is 1. The smallest absolute Gasteiger partial charge is 0.139 e. The molecule has 1 aliphatic heterocycles. The molecule has 0 N–H and O–H groups in total. The lowest BCUT2D eigenvalue weighted by Gasteiger charge is -2.49. The summed E-state index contributed by atoms with van der Waals surface area (Å²) in [4.78, 5) is 14.0. The molecule has 1 heterocycles. The second-order valence-corrected chi connectivity index (χ2v) is 5.86. The van der Waals surface area contributed by atoms with Crippen molar-refractivity contribution in [3.63, 3.8) is 0 Å². The van der Waals surface area contributed by atoms with Crippen LogP contribution in [0.2, 0.25) is 0 Å². The van der Waals surface area contributed by atoms with Crippen LogP contribution in [0.5, 0.6) is 0 Å². The van der Waals surface area contributed by atoms with Crippen LogP contribution in [0, 0.1) is 5.41 Å². The molecule has 0 unspecified atom stereocenters. The number of hydrogen-bond donors (Lipinski definition) is 0. The molecule has 1 saturated heterocycles. The highest BCUT2D eigenvalue weighted by molar-refractivity contribution is 5.90. The number of carbonyl (C=O) groups excluding carboxylic acids is 1. The summed E-state index contributed by atoms with van der Waals surface area (Å²) in [6, 6.07) is 0. The van der Waals surface area contributed by atoms with Gasteiger partial charge in [0.1, 0.15) is 5.78 Å². The molecular weight excluding hydrogens is 174 g/mol. The summed E-state index contributed by atoms with van der Waals surface area (Å²) in [7, 11) is 0. The van der Waals surface area contributed by atoms with E-state index in [1.54, 1.807) is 0 Å². The number of hydrogen-bond acceptors (Lipinski definition) is 2. The van der Waals surface area contributed by atoms with E-state index in [0.717, 1.165) is 38.8 Å². The molecule has 2 fully saturated rings. The molecule has 1 spiro atoms. The molecule has 2 heteroatoms. The van der Waals surface area contributed by atoms with Gasteiger partial charge < -0.3 is 0 Å². The first kappa shape index (κ1) is 10.2. The van der Waals surface area contributed by atoms with Crippen molar-refractivity contribution in [1.29, 1.82) is 0 Å². The Morgan fingerprint density at radius 1 is 1.14 bits per heavy atom. The topological polar surface area (TPSA) is 20.3 Å². The zero-order valence-electron chi connectivity index (χ0n) is 9.60. The second kappa shape index (κ2) is 3.06. The normalized spacial score (nSPS) is 27.8. The fraction of sp³-hybridized carbons (Fsp3) is 0.917. The van der Waals surface area contributed by atoms with E-state index >= 15 is 0 Å². The molecule has 80 valence electrons. The fourth-order valence-electron chi connectivity index (χ4n) is 2.72. The Bertz CT molecular complexity index is 244. The molecular formula is C12H21NO. The molecule has 0 radical (unpaired) electrons. The first-order valence-electron chi connectivity index (χ1n) is 5.72. The van der Waals surface area contributed by atoms with Gasteiger partial charge >= 0.3 is 0 Å². The van der Waals surface area contributed by atoms with Gasteiger partial charge in [0.05, 0.1) is 0 Å². The van der Waals surface area contributed by atoms with Crippen LogP contribution in [0.25, 0.3) is 0 Å². The number of Topliss-reactive ketones (excluding diaryl/α,β-unsaturated/α-hetero) is 1. The Balaban J connectivity index is 1.96. The van der Waals surface area contributed by atoms with Gasteiger partial charge in [0.25, 0.3) is 0 Å². The number of carbonyl (C=O) groups is 1. The van der Waals surface area contributed by atoms with Crippen LogP contribution < -0.4 is 0 Å². The summed E-state index contributed by atoms with van der Waals surface area (Å²) in [5.74, 6) is 0.533. The van der Waals surface area contributed by atoms with Gasteiger partial charge in [-0.15, -0.1) is 0 Å². The molecule has 14 heavy (non-hydrogen) atoms. The summed E-state index contributed by atoms with van der Waals surface area (Å²) in [6.45, 7) is 8.99. The van der Waals surface area contributed by atoms with Gasteiger partial charge in [0.2, 0.25) is 0 Å². The number of piperidine rings is 1. The molecule has 2 rings (SSSR count). The second-order valence-electron chi connectivity index (χ2n) is 5.86. The van der Waals surface area contributed by atoms with Crippen LogP contribution in [0.15, 0.2) is 0 Å². The van der Waals surface area contributed by atoms with E-state index in [1.165, 1.54) is 0 Å². The first-order valence-corrected chi connectivity index (χ1v) is 5.72. The summed E-state index contributed by atoms with van der Waals surface area (Å²) in [5.41, 5.74) is 0.399. The number of rotatable bonds is 0. The number of ketones is 1. The Morgan fingerprint density at radius 2 is 1.71 bits per heavy atom. The summed E-state index contributed by atoms with van der Waals surface area (Å²) >= 11 is 0. The van der Waals surface area contributed by atoms with E-state index in [4.69, 9.17) is 0 Å². The third-order valence-corrected chi connectivity index (χ3v) is 4.09. The molecule has 2 nitrogen and oxygen atoms in total. The maximum absolute atomic E-state index is 11.5. The maximum atomic E-state index is 11.5. The third kappa shape index (κ3) is 1.50. The van der Waals surface area contributed by atoms with Gasteiger partial charge in [-0.3, -0.25) is 9.69 Å². The highest BCUT2D eigenvalue weighted by Gasteiger charge is 2.48. The molecule has 0 aromatic carbocycles. The third-order valence-electron chi connectivity index (χ3n) is 4.09. The average molecular weight is 195 g/mol. The van der Waals surface area contributed by atoms with E-state index in [9.17, 15) is 4.79 Å². The minimum Gasteiger partial charge on any atom is -0.299 e. The van der Waals surface area contributed by atoms with Crippen molar-refractivity contribution in [2.75, 3.05) is 13.1 Å². The predicted molar refractivity (Wildman–Crippen MR) is 57.2 cm³/mol. The van der Waals surface area contributed by atoms with E-state index in [1.807, 2.05) is 0 Å².